The number of carbonyl (C=O) groups is 2. The second kappa shape index (κ2) is 7.92. The van der Waals surface area contributed by atoms with Crippen LogP contribution in [0.5, 0.6) is 0 Å². The van der Waals surface area contributed by atoms with Crippen LogP contribution in [0.25, 0.3) is 0 Å². The molecule has 1 aromatic heterocycles. The van der Waals surface area contributed by atoms with Gasteiger partial charge in [-0.1, -0.05) is 39.0 Å². The molecule has 2 rings (SSSR count). The van der Waals surface area contributed by atoms with Crippen molar-refractivity contribution in [3.8, 4) is 0 Å². The smallest absolute Gasteiger partial charge is 0.262 e. The molecule has 2 aromatic rings. The number of amides is 2. The van der Waals surface area contributed by atoms with Gasteiger partial charge in [0.25, 0.3) is 5.91 Å². The minimum absolute atomic E-state index is 0.00623. The molecule has 0 saturated heterocycles. The van der Waals surface area contributed by atoms with Gasteiger partial charge in [0.05, 0.1) is 4.88 Å². The molecule has 1 aromatic carbocycles. The van der Waals surface area contributed by atoms with Crippen molar-refractivity contribution in [1.82, 2.24) is 5.32 Å². The summed E-state index contributed by atoms with van der Waals surface area (Å²) in [7, 11) is 0. The van der Waals surface area contributed by atoms with Crippen molar-refractivity contribution in [2.45, 2.75) is 33.2 Å². The molecule has 0 aliphatic heterocycles. The standard InChI is InChI=1S/C18H22N2O2S/c1-4-13-7-5-8-14(11-13)19-18(22)16(12(2)3)20-17(21)15-9-6-10-23-15/h5-12,16H,4H2,1-3H3,(H,19,22)(H,20,21). The number of carbonyl (C=O) groups excluding carboxylic acids is 2. The summed E-state index contributed by atoms with van der Waals surface area (Å²) in [6, 6.07) is 10.7. The van der Waals surface area contributed by atoms with E-state index in [1.54, 1.807) is 6.07 Å². The second-order valence-electron chi connectivity index (χ2n) is 5.72. The minimum atomic E-state index is -0.574. The zero-order valence-electron chi connectivity index (χ0n) is 13.6. The van der Waals surface area contributed by atoms with Crippen LogP contribution in [0.15, 0.2) is 41.8 Å². The molecule has 1 heterocycles. The van der Waals surface area contributed by atoms with E-state index in [0.29, 0.717) is 4.88 Å². The normalized spacial score (nSPS) is 12.0. The van der Waals surface area contributed by atoms with Gasteiger partial charge in [0.2, 0.25) is 5.91 Å². The second-order valence-corrected chi connectivity index (χ2v) is 6.66. The molecule has 0 saturated carbocycles. The molecule has 0 radical (unpaired) electrons. The zero-order valence-corrected chi connectivity index (χ0v) is 14.4. The summed E-state index contributed by atoms with van der Waals surface area (Å²) in [5, 5.41) is 7.57. The number of aryl methyl sites for hydroxylation is 1. The van der Waals surface area contributed by atoms with E-state index in [9.17, 15) is 9.59 Å². The Labute approximate surface area is 140 Å². The Morgan fingerprint density at radius 2 is 1.96 bits per heavy atom. The van der Waals surface area contributed by atoms with Crippen molar-refractivity contribution in [2.75, 3.05) is 5.32 Å². The quantitative estimate of drug-likeness (QED) is 0.848. The number of rotatable bonds is 6. The van der Waals surface area contributed by atoms with Crippen LogP contribution < -0.4 is 10.6 Å². The molecule has 4 nitrogen and oxygen atoms in total. The van der Waals surface area contributed by atoms with Crippen LogP contribution in [0.3, 0.4) is 0 Å². The molecule has 1 unspecified atom stereocenters. The van der Waals surface area contributed by atoms with Crippen LogP contribution in [-0.4, -0.2) is 17.9 Å². The fourth-order valence-electron chi connectivity index (χ4n) is 2.24. The average molecular weight is 330 g/mol. The van der Waals surface area contributed by atoms with E-state index in [2.05, 4.69) is 17.6 Å². The highest BCUT2D eigenvalue weighted by Gasteiger charge is 2.25. The third kappa shape index (κ3) is 4.66. The summed E-state index contributed by atoms with van der Waals surface area (Å²) in [4.78, 5) is 25.3. The average Bonchev–Trinajstić information content (AvgIpc) is 3.06. The van der Waals surface area contributed by atoms with Crippen molar-refractivity contribution < 1.29 is 9.59 Å². The predicted molar refractivity (Wildman–Crippen MR) is 94.9 cm³/mol. The molecule has 0 aliphatic rings. The lowest BCUT2D eigenvalue weighted by atomic mass is 10.0. The van der Waals surface area contributed by atoms with Crippen molar-refractivity contribution in [2.24, 2.45) is 5.92 Å². The molecule has 122 valence electrons. The lowest BCUT2D eigenvalue weighted by Crippen LogP contribution is -2.46. The van der Waals surface area contributed by atoms with Gasteiger partial charge < -0.3 is 10.6 Å². The lowest BCUT2D eigenvalue weighted by molar-refractivity contribution is -0.118. The highest BCUT2D eigenvalue weighted by Crippen LogP contribution is 2.14. The van der Waals surface area contributed by atoms with Gasteiger partial charge >= 0.3 is 0 Å². The lowest BCUT2D eigenvalue weighted by Gasteiger charge is -2.21. The third-order valence-electron chi connectivity index (χ3n) is 3.58. The minimum Gasteiger partial charge on any atom is -0.339 e. The van der Waals surface area contributed by atoms with Gasteiger partial charge in [0.1, 0.15) is 6.04 Å². The maximum atomic E-state index is 12.5. The fraction of sp³-hybridized carbons (Fsp3) is 0.333. The van der Waals surface area contributed by atoms with Crippen LogP contribution in [0.2, 0.25) is 0 Å². The maximum absolute atomic E-state index is 12.5. The SMILES string of the molecule is CCc1cccc(NC(=O)C(NC(=O)c2cccs2)C(C)C)c1. The molecule has 1 atom stereocenters. The predicted octanol–water partition coefficient (Wildman–Crippen LogP) is 3.70. The summed E-state index contributed by atoms with van der Waals surface area (Å²) < 4.78 is 0. The summed E-state index contributed by atoms with van der Waals surface area (Å²) in [6.45, 7) is 5.90. The summed E-state index contributed by atoms with van der Waals surface area (Å²) in [5.41, 5.74) is 1.91. The fourth-order valence-corrected chi connectivity index (χ4v) is 2.87. The maximum Gasteiger partial charge on any atom is 0.262 e. The van der Waals surface area contributed by atoms with Crippen LogP contribution in [0.4, 0.5) is 5.69 Å². The van der Waals surface area contributed by atoms with E-state index < -0.39 is 6.04 Å². The van der Waals surface area contributed by atoms with E-state index in [1.165, 1.54) is 11.3 Å². The van der Waals surface area contributed by atoms with Crippen LogP contribution in [-0.2, 0) is 11.2 Å². The topological polar surface area (TPSA) is 58.2 Å². The van der Waals surface area contributed by atoms with E-state index in [-0.39, 0.29) is 17.7 Å². The van der Waals surface area contributed by atoms with E-state index in [0.717, 1.165) is 17.7 Å². The third-order valence-corrected chi connectivity index (χ3v) is 4.45. The number of anilines is 1. The van der Waals surface area contributed by atoms with Crippen molar-refractivity contribution in [1.29, 1.82) is 0 Å². The molecule has 5 heteroatoms. The largest absolute Gasteiger partial charge is 0.339 e. The van der Waals surface area contributed by atoms with Crippen LogP contribution in [0.1, 0.15) is 36.0 Å². The summed E-state index contributed by atoms with van der Waals surface area (Å²) >= 11 is 1.36. The van der Waals surface area contributed by atoms with Gasteiger partial charge in [0.15, 0.2) is 0 Å². The number of nitrogens with one attached hydrogen (secondary N) is 2. The highest BCUT2D eigenvalue weighted by molar-refractivity contribution is 7.12. The van der Waals surface area contributed by atoms with Gasteiger partial charge in [-0.2, -0.15) is 0 Å². The Hall–Kier alpha value is -2.14. The van der Waals surface area contributed by atoms with Gasteiger partial charge in [-0.05, 0) is 41.5 Å². The molecule has 23 heavy (non-hydrogen) atoms. The van der Waals surface area contributed by atoms with Crippen molar-refractivity contribution >= 4 is 28.8 Å². The highest BCUT2D eigenvalue weighted by atomic mass is 32.1. The number of hydrogen-bond donors (Lipinski definition) is 2. The molecule has 0 spiro atoms. The summed E-state index contributed by atoms with van der Waals surface area (Å²) in [6.07, 6.45) is 0.909. The van der Waals surface area contributed by atoms with Crippen molar-refractivity contribution in [3.05, 3.63) is 52.2 Å². The van der Waals surface area contributed by atoms with E-state index >= 15 is 0 Å². The Morgan fingerprint density at radius 1 is 1.17 bits per heavy atom. The number of benzene rings is 1. The first-order valence-electron chi connectivity index (χ1n) is 7.75. The number of hydrogen-bond acceptors (Lipinski definition) is 3. The molecule has 0 bridgehead atoms. The van der Waals surface area contributed by atoms with Crippen LogP contribution >= 0.6 is 11.3 Å². The first-order chi connectivity index (χ1) is 11.0. The molecular formula is C18H22N2O2S. The first kappa shape index (κ1) is 17.2. The molecule has 0 fully saturated rings. The number of thiophene rings is 1. The monoisotopic (exact) mass is 330 g/mol. The van der Waals surface area contributed by atoms with E-state index in [4.69, 9.17) is 0 Å². The van der Waals surface area contributed by atoms with E-state index in [1.807, 2.05) is 49.6 Å². The van der Waals surface area contributed by atoms with Gasteiger partial charge in [-0.15, -0.1) is 11.3 Å². The molecule has 2 N–H and O–H groups in total. The Kier molecular flexibility index (Phi) is 5.93. The molecular weight excluding hydrogens is 308 g/mol. The molecule has 2 amide bonds. The zero-order chi connectivity index (χ0) is 16.8. The van der Waals surface area contributed by atoms with Gasteiger partial charge in [-0.25, -0.2) is 0 Å². The summed E-state index contributed by atoms with van der Waals surface area (Å²) in [5.74, 6) is -0.414. The van der Waals surface area contributed by atoms with Crippen LogP contribution in [0, 0.1) is 5.92 Å². The Morgan fingerprint density at radius 3 is 2.57 bits per heavy atom. The Bertz CT molecular complexity index is 665. The Balaban J connectivity index is 2.07. The first-order valence-corrected chi connectivity index (χ1v) is 8.63. The van der Waals surface area contributed by atoms with Gasteiger partial charge in [-0.3, -0.25) is 9.59 Å². The van der Waals surface area contributed by atoms with Gasteiger partial charge in [0, 0.05) is 5.69 Å². The van der Waals surface area contributed by atoms with Crippen molar-refractivity contribution in [3.63, 3.8) is 0 Å². The molecule has 0 aliphatic carbocycles.